The number of aryl methyl sites for hydroxylation is 1. The smallest absolute Gasteiger partial charge is 0.213 e. The lowest BCUT2D eigenvalue weighted by atomic mass is 10.1. The predicted molar refractivity (Wildman–Crippen MR) is 61.2 cm³/mol. The highest BCUT2D eigenvalue weighted by Crippen LogP contribution is 2.29. The minimum absolute atomic E-state index is 0.135. The fraction of sp³-hybridized carbons (Fsp3) is 0.364. The minimum Gasteiger partial charge on any atom is -0.495 e. The Morgan fingerprint density at radius 2 is 2.13 bits per heavy atom. The predicted octanol–water partition coefficient (Wildman–Crippen LogP) is 3.02. The van der Waals surface area contributed by atoms with Gasteiger partial charge >= 0.3 is 0 Å². The highest BCUT2D eigenvalue weighted by atomic mass is 35.5. The molecule has 82 valence electrons. The van der Waals surface area contributed by atoms with Gasteiger partial charge in [0.05, 0.1) is 18.7 Å². The average molecular weight is 228 g/mol. The first-order chi connectivity index (χ1) is 7.10. The fourth-order valence-electron chi connectivity index (χ4n) is 1.24. The molecule has 0 aliphatic rings. The van der Waals surface area contributed by atoms with Crippen LogP contribution in [0.5, 0.6) is 5.75 Å². The molecule has 0 saturated carbocycles. The van der Waals surface area contributed by atoms with Gasteiger partial charge in [-0.1, -0.05) is 11.6 Å². The first kappa shape index (κ1) is 11.9. The zero-order chi connectivity index (χ0) is 11.4. The Bertz CT molecular complexity index is 377. The van der Waals surface area contributed by atoms with Crippen molar-refractivity contribution in [2.75, 3.05) is 13.7 Å². The number of hydrogen-bond acceptors (Lipinski definition) is 3. The van der Waals surface area contributed by atoms with E-state index < -0.39 is 0 Å². The van der Waals surface area contributed by atoms with Gasteiger partial charge in [0.25, 0.3) is 0 Å². The molecule has 0 aromatic heterocycles. The number of rotatable bonds is 3. The molecule has 4 heteroatoms. The van der Waals surface area contributed by atoms with Crippen molar-refractivity contribution in [2.24, 2.45) is 0 Å². The Morgan fingerprint density at radius 1 is 1.47 bits per heavy atom. The molecule has 0 unspecified atom stereocenters. The summed E-state index contributed by atoms with van der Waals surface area (Å²) in [5, 5.41) is 8.22. The monoisotopic (exact) mass is 227 g/mol. The van der Waals surface area contributed by atoms with E-state index in [4.69, 9.17) is 26.5 Å². The molecule has 0 saturated heterocycles. The van der Waals surface area contributed by atoms with E-state index in [1.54, 1.807) is 13.2 Å². The topological polar surface area (TPSA) is 42.3 Å². The second kappa shape index (κ2) is 5.03. The molecule has 0 radical (unpaired) electrons. The number of nitrogens with one attached hydrogen (secondary N) is 1. The number of benzene rings is 1. The van der Waals surface area contributed by atoms with Gasteiger partial charge in [-0.3, -0.25) is 5.41 Å². The van der Waals surface area contributed by atoms with Crippen molar-refractivity contribution in [3.8, 4) is 5.75 Å². The Labute approximate surface area is 94.5 Å². The molecule has 0 aliphatic carbocycles. The molecular formula is C11H14ClNO2. The van der Waals surface area contributed by atoms with Crippen LogP contribution in [0.25, 0.3) is 0 Å². The van der Waals surface area contributed by atoms with Crippen LogP contribution < -0.4 is 4.74 Å². The summed E-state index contributed by atoms with van der Waals surface area (Å²) in [5.74, 6) is 0.701. The van der Waals surface area contributed by atoms with Crippen LogP contribution in [0, 0.1) is 12.3 Å². The van der Waals surface area contributed by atoms with E-state index >= 15 is 0 Å². The highest BCUT2D eigenvalue weighted by Gasteiger charge is 2.10. The Kier molecular flexibility index (Phi) is 3.97. The maximum atomic E-state index is 7.65. The lowest BCUT2D eigenvalue weighted by Crippen LogP contribution is -2.05. The minimum atomic E-state index is 0.135. The average Bonchev–Trinajstić information content (AvgIpc) is 2.22. The third-order valence-electron chi connectivity index (χ3n) is 1.99. The van der Waals surface area contributed by atoms with Gasteiger partial charge in [0.15, 0.2) is 0 Å². The fourth-order valence-corrected chi connectivity index (χ4v) is 1.43. The zero-order valence-electron chi connectivity index (χ0n) is 9.06. The number of hydrogen-bond donors (Lipinski definition) is 1. The van der Waals surface area contributed by atoms with Crippen LogP contribution in [0.3, 0.4) is 0 Å². The molecule has 1 N–H and O–H groups in total. The molecule has 0 atom stereocenters. The standard InChI is InChI=1S/C11H14ClNO2/c1-4-15-11(13)8-5-7(2)10(12)9(6-8)14-3/h5-6,13H,4H2,1-3H3. The van der Waals surface area contributed by atoms with Crippen LogP contribution in [0.1, 0.15) is 18.1 Å². The number of methoxy groups -OCH3 is 1. The van der Waals surface area contributed by atoms with Crippen LogP contribution >= 0.6 is 11.6 Å². The molecule has 1 aromatic carbocycles. The lowest BCUT2D eigenvalue weighted by molar-refractivity contribution is 0.325. The molecule has 3 nitrogen and oxygen atoms in total. The molecule has 0 amide bonds. The summed E-state index contributed by atoms with van der Waals surface area (Å²) in [6.45, 7) is 4.19. The summed E-state index contributed by atoms with van der Waals surface area (Å²) < 4.78 is 10.2. The van der Waals surface area contributed by atoms with Crippen molar-refractivity contribution in [3.05, 3.63) is 28.3 Å². The number of halogens is 1. The van der Waals surface area contributed by atoms with Gasteiger partial charge in [0, 0.05) is 5.56 Å². The summed E-state index contributed by atoms with van der Waals surface area (Å²) in [6.07, 6.45) is 0. The molecule has 0 bridgehead atoms. The van der Waals surface area contributed by atoms with E-state index in [-0.39, 0.29) is 5.90 Å². The first-order valence-electron chi connectivity index (χ1n) is 4.66. The second-order valence-electron chi connectivity index (χ2n) is 3.07. The van der Waals surface area contributed by atoms with Gasteiger partial charge in [-0.15, -0.1) is 0 Å². The van der Waals surface area contributed by atoms with Crippen molar-refractivity contribution in [3.63, 3.8) is 0 Å². The molecular weight excluding hydrogens is 214 g/mol. The summed E-state index contributed by atoms with van der Waals surface area (Å²) >= 11 is 6.01. The van der Waals surface area contributed by atoms with Crippen molar-refractivity contribution >= 4 is 17.5 Å². The summed E-state index contributed by atoms with van der Waals surface area (Å²) in [7, 11) is 1.55. The highest BCUT2D eigenvalue weighted by molar-refractivity contribution is 6.33. The summed E-state index contributed by atoms with van der Waals surface area (Å²) in [5.41, 5.74) is 1.55. The zero-order valence-corrected chi connectivity index (χ0v) is 9.81. The van der Waals surface area contributed by atoms with Crippen LogP contribution in [0.2, 0.25) is 5.02 Å². The van der Waals surface area contributed by atoms with Gasteiger partial charge in [0.1, 0.15) is 5.75 Å². The maximum Gasteiger partial charge on any atom is 0.213 e. The Balaban J connectivity index is 3.10. The van der Waals surface area contributed by atoms with Crippen molar-refractivity contribution < 1.29 is 9.47 Å². The van der Waals surface area contributed by atoms with Gasteiger partial charge in [0.2, 0.25) is 5.90 Å². The third-order valence-corrected chi connectivity index (χ3v) is 2.48. The first-order valence-corrected chi connectivity index (χ1v) is 5.03. The van der Waals surface area contributed by atoms with Crippen LogP contribution in [-0.2, 0) is 4.74 Å². The van der Waals surface area contributed by atoms with Gasteiger partial charge in [-0.05, 0) is 31.5 Å². The Morgan fingerprint density at radius 3 is 2.67 bits per heavy atom. The van der Waals surface area contributed by atoms with Crippen molar-refractivity contribution in [2.45, 2.75) is 13.8 Å². The van der Waals surface area contributed by atoms with E-state index in [9.17, 15) is 0 Å². The van der Waals surface area contributed by atoms with E-state index in [1.165, 1.54) is 0 Å². The molecule has 0 fully saturated rings. The third kappa shape index (κ3) is 2.63. The lowest BCUT2D eigenvalue weighted by Gasteiger charge is -2.10. The maximum absolute atomic E-state index is 7.65. The largest absolute Gasteiger partial charge is 0.495 e. The van der Waals surface area contributed by atoms with Gasteiger partial charge in [-0.2, -0.15) is 0 Å². The second-order valence-corrected chi connectivity index (χ2v) is 3.45. The van der Waals surface area contributed by atoms with E-state index in [0.717, 1.165) is 5.56 Å². The quantitative estimate of drug-likeness (QED) is 0.637. The summed E-state index contributed by atoms with van der Waals surface area (Å²) in [6, 6.07) is 3.51. The SMILES string of the molecule is CCOC(=N)c1cc(C)c(Cl)c(OC)c1. The molecule has 1 aromatic rings. The van der Waals surface area contributed by atoms with Crippen LogP contribution in [0.4, 0.5) is 0 Å². The molecule has 0 spiro atoms. The van der Waals surface area contributed by atoms with Gasteiger partial charge in [-0.25, -0.2) is 0 Å². The normalized spacial score (nSPS) is 9.87. The van der Waals surface area contributed by atoms with E-state index in [1.807, 2.05) is 19.9 Å². The van der Waals surface area contributed by atoms with Gasteiger partial charge < -0.3 is 9.47 Å². The molecule has 15 heavy (non-hydrogen) atoms. The van der Waals surface area contributed by atoms with E-state index in [0.29, 0.717) is 22.9 Å². The number of ether oxygens (including phenoxy) is 2. The van der Waals surface area contributed by atoms with E-state index in [2.05, 4.69) is 0 Å². The molecule has 0 aliphatic heterocycles. The molecule has 0 heterocycles. The van der Waals surface area contributed by atoms with Crippen molar-refractivity contribution in [1.82, 2.24) is 0 Å². The summed E-state index contributed by atoms with van der Waals surface area (Å²) in [4.78, 5) is 0. The van der Waals surface area contributed by atoms with Crippen LogP contribution in [0.15, 0.2) is 12.1 Å². The van der Waals surface area contributed by atoms with Crippen LogP contribution in [-0.4, -0.2) is 19.6 Å². The molecule has 1 rings (SSSR count). The van der Waals surface area contributed by atoms with Crippen molar-refractivity contribution in [1.29, 1.82) is 5.41 Å². The Hall–Kier alpha value is -1.22.